The number of thiocarbonyl (C=S) groups is 1. The number of furan rings is 1. The Bertz CT molecular complexity index is 879. The lowest BCUT2D eigenvalue weighted by Crippen LogP contribution is -2.49. The summed E-state index contributed by atoms with van der Waals surface area (Å²) in [5.74, 6) is 0.862. The minimum absolute atomic E-state index is 0.0593. The Morgan fingerprint density at radius 2 is 2.00 bits per heavy atom. The van der Waals surface area contributed by atoms with Gasteiger partial charge in [0.1, 0.15) is 17.3 Å². The zero-order valence-electron chi connectivity index (χ0n) is 14.7. The van der Waals surface area contributed by atoms with Gasteiger partial charge in [-0.3, -0.25) is 25.8 Å². The van der Waals surface area contributed by atoms with Crippen LogP contribution in [0.5, 0.6) is 5.75 Å². The number of carbonyl (C=O) groups excluding carboxylic acids is 2. The first-order chi connectivity index (χ1) is 12.8. The van der Waals surface area contributed by atoms with Crippen LogP contribution >= 0.6 is 23.8 Å². The number of hydrogen-bond donors (Lipinski definition) is 3. The largest absolute Gasteiger partial charge is 0.484 e. The highest BCUT2D eigenvalue weighted by Gasteiger charge is 2.06. The number of benzene rings is 1. The van der Waals surface area contributed by atoms with Crippen molar-refractivity contribution in [3.63, 3.8) is 0 Å². The molecule has 142 valence electrons. The molecule has 1 aromatic heterocycles. The van der Waals surface area contributed by atoms with E-state index in [1.165, 1.54) is 12.2 Å². The first kappa shape index (κ1) is 20.5. The molecule has 1 heterocycles. The van der Waals surface area contributed by atoms with Gasteiger partial charge in [0, 0.05) is 11.1 Å². The van der Waals surface area contributed by atoms with Crippen LogP contribution in [-0.2, 0) is 9.59 Å². The van der Waals surface area contributed by atoms with Gasteiger partial charge in [-0.05, 0) is 68.0 Å². The molecular formula is C18H18ClN3O4S. The predicted molar refractivity (Wildman–Crippen MR) is 106 cm³/mol. The summed E-state index contributed by atoms with van der Waals surface area (Å²) in [4.78, 5) is 23.5. The van der Waals surface area contributed by atoms with Crippen molar-refractivity contribution in [3.05, 3.63) is 58.5 Å². The van der Waals surface area contributed by atoms with Crippen molar-refractivity contribution in [1.29, 1.82) is 0 Å². The van der Waals surface area contributed by atoms with Crippen molar-refractivity contribution >= 4 is 46.8 Å². The molecule has 0 atom stereocenters. The van der Waals surface area contributed by atoms with E-state index < -0.39 is 11.8 Å². The number of aryl methyl sites for hydroxylation is 2. The zero-order chi connectivity index (χ0) is 19.8. The molecule has 2 amide bonds. The van der Waals surface area contributed by atoms with E-state index in [1.54, 1.807) is 37.3 Å². The summed E-state index contributed by atoms with van der Waals surface area (Å²) in [5.41, 5.74) is 5.58. The van der Waals surface area contributed by atoms with E-state index in [0.29, 0.717) is 16.5 Å². The third kappa shape index (κ3) is 7.12. The van der Waals surface area contributed by atoms with E-state index in [9.17, 15) is 9.59 Å². The van der Waals surface area contributed by atoms with Crippen molar-refractivity contribution in [2.45, 2.75) is 13.8 Å². The fourth-order valence-electron chi connectivity index (χ4n) is 1.90. The Morgan fingerprint density at radius 3 is 2.67 bits per heavy atom. The van der Waals surface area contributed by atoms with Crippen molar-refractivity contribution < 1.29 is 18.7 Å². The number of hydrazine groups is 1. The van der Waals surface area contributed by atoms with Crippen LogP contribution in [0, 0.1) is 13.8 Å². The maximum atomic E-state index is 11.7. The smallest absolute Gasteiger partial charge is 0.276 e. The van der Waals surface area contributed by atoms with Crippen LogP contribution < -0.4 is 20.9 Å². The first-order valence-corrected chi connectivity index (χ1v) is 8.65. The second-order valence-electron chi connectivity index (χ2n) is 5.47. The van der Waals surface area contributed by atoms with Crippen molar-refractivity contribution in [1.82, 2.24) is 16.2 Å². The highest BCUT2D eigenvalue weighted by Crippen LogP contribution is 2.20. The summed E-state index contributed by atoms with van der Waals surface area (Å²) >= 11 is 10.8. The van der Waals surface area contributed by atoms with Crippen LogP contribution in [0.4, 0.5) is 0 Å². The molecule has 0 saturated carbocycles. The molecule has 3 N–H and O–H groups in total. The van der Waals surface area contributed by atoms with Crippen molar-refractivity contribution in [2.24, 2.45) is 0 Å². The molecule has 27 heavy (non-hydrogen) atoms. The molecule has 0 unspecified atom stereocenters. The number of nitrogens with one attached hydrogen (secondary N) is 3. The second-order valence-corrected chi connectivity index (χ2v) is 6.29. The summed E-state index contributed by atoms with van der Waals surface area (Å²) < 4.78 is 10.6. The molecule has 7 nitrogen and oxygen atoms in total. The lowest BCUT2D eigenvalue weighted by Gasteiger charge is -2.11. The third-order valence-corrected chi connectivity index (χ3v) is 3.84. The maximum absolute atomic E-state index is 11.7. The first-order valence-electron chi connectivity index (χ1n) is 7.87. The van der Waals surface area contributed by atoms with Crippen LogP contribution in [0.1, 0.15) is 17.1 Å². The van der Waals surface area contributed by atoms with Gasteiger partial charge in [-0.1, -0.05) is 11.6 Å². The van der Waals surface area contributed by atoms with Gasteiger partial charge in [0.05, 0.1) is 0 Å². The third-order valence-electron chi connectivity index (χ3n) is 3.21. The predicted octanol–water partition coefficient (Wildman–Crippen LogP) is 2.66. The van der Waals surface area contributed by atoms with Crippen LogP contribution in [0.2, 0.25) is 5.02 Å². The summed E-state index contributed by atoms with van der Waals surface area (Å²) in [6.07, 6.45) is 2.77. The van der Waals surface area contributed by atoms with E-state index in [4.69, 9.17) is 33.0 Å². The highest BCUT2D eigenvalue weighted by molar-refractivity contribution is 7.80. The second kappa shape index (κ2) is 9.75. The van der Waals surface area contributed by atoms with Gasteiger partial charge < -0.3 is 9.15 Å². The number of hydrogen-bond acceptors (Lipinski definition) is 5. The van der Waals surface area contributed by atoms with E-state index in [1.807, 2.05) is 6.92 Å². The van der Waals surface area contributed by atoms with E-state index in [0.717, 1.165) is 11.3 Å². The van der Waals surface area contributed by atoms with Crippen molar-refractivity contribution in [3.8, 4) is 5.75 Å². The SMILES string of the molecule is Cc1ccc(C=CC(=O)NC(=S)NNC(=O)COc2ccc(Cl)c(C)c2)o1. The van der Waals surface area contributed by atoms with E-state index in [2.05, 4.69) is 16.2 Å². The molecule has 0 radical (unpaired) electrons. The lowest BCUT2D eigenvalue weighted by atomic mass is 10.2. The minimum Gasteiger partial charge on any atom is -0.484 e. The molecule has 0 fully saturated rings. The van der Waals surface area contributed by atoms with Crippen LogP contribution in [-0.4, -0.2) is 23.5 Å². The Kier molecular flexibility index (Phi) is 7.39. The van der Waals surface area contributed by atoms with E-state index >= 15 is 0 Å². The van der Waals surface area contributed by atoms with Crippen LogP contribution in [0.3, 0.4) is 0 Å². The number of carbonyl (C=O) groups is 2. The summed E-state index contributed by atoms with van der Waals surface area (Å²) in [5, 5.41) is 2.94. The zero-order valence-corrected chi connectivity index (χ0v) is 16.2. The Labute approximate surface area is 166 Å². The molecule has 1 aromatic carbocycles. The lowest BCUT2D eigenvalue weighted by molar-refractivity contribution is -0.123. The van der Waals surface area contributed by atoms with Crippen molar-refractivity contribution in [2.75, 3.05) is 6.61 Å². The van der Waals surface area contributed by atoms with E-state index in [-0.39, 0.29) is 11.7 Å². The molecule has 2 aromatic rings. The fraction of sp³-hybridized carbons (Fsp3) is 0.167. The quantitative estimate of drug-likeness (QED) is 0.401. The average molecular weight is 408 g/mol. The van der Waals surface area contributed by atoms with Crippen LogP contribution in [0.15, 0.2) is 40.8 Å². The summed E-state index contributed by atoms with van der Waals surface area (Å²) in [7, 11) is 0. The summed E-state index contributed by atoms with van der Waals surface area (Å²) in [6.45, 7) is 3.40. The molecule has 9 heteroatoms. The van der Waals surface area contributed by atoms with Gasteiger partial charge in [0.25, 0.3) is 5.91 Å². The normalized spacial score (nSPS) is 10.5. The molecule has 0 bridgehead atoms. The van der Waals surface area contributed by atoms with Gasteiger partial charge in [-0.25, -0.2) is 0 Å². The number of amides is 2. The standard InChI is InChI=1S/C18H18ClN3O4S/c1-11-9-14(5-7-15(11)19)25-10-17(24)21-22-18(27)20-16(23)8-6-13-4-3-12(2)26-13/h3-9H,10H2,1-2H3,(H,21,24)(H2,20,22,23,27). The summed E-state index contributed by atoms with van der Waals surface area (Å²) in [6, 6.07) is 8.59. The van der Waals surface area contributed by atoms with Crippen LogP contribution in [0.25, 0.3) is 6.08 Å². The van der Waals surface area contributed by atoms with Gasteiger partial charge in [-0.2, -0.15) is 0 Å². The molecule has 0 aliphatic carbocycles. The van der Waals surface area contributed by atoms with Gasteiger partial charge in [0.15, 0.2) is 11.7 Å². The number of ether oxygens (including phenoxy) is 1. The van der Waals surface area contributed by atoms with Gasteiger partial charge in [0.2, 0.25) is 5.91 Å². The molecule has 0 spiro atoms. The fourth-order valence-corrected chi connectivity index (χ4v) is 2.17. The molecular weight excluding hydrogens is 390 g/mol. The van der Waals surface area contributed by atoms with Gasteiger partial charge in [-0.15, -0.1) is 0 Å². The molecule has 0 saturated heterocycles. The maximum Gasteiger partial charge on any atom is 0.276 e. The monoisotopic (exact) mass is 407 g/mol. The topological polar surface area (TPSA) is 92.6 Å². The Morgan fingerprint density at radius 1 is 1.22 bits per heavy atom. The average Bonchev–Trinajstić information content (AvgIpc) is 3.04. The number of rotatable bonds is 5. The number of halogens is 1. The molecule has 0 aliphatic rings. The molecule has 2 rings (SSSR count). The Hall–Kier alpha value is -2.84. The van der Waals surface area contributed by atoms with Gasteiger partial charge >= 0.3 is 0 Å². The minimum atomic E-state index is -0.471. The Balaban J connectivity index is 1.69. The molecule has 0 aliphatic heterocycles. The highest BCUT2D eigenvalue weighted by atomic mass is 35.5.